The van der Waals surface area contributed by atoms with Crippen LogP contribution in [-0.4, -0.2) is 28.6 Å². The smallest absolute Gasteiger partial charge is 0.280 e. The topological polar surface area (TPSA) is 82.2 Å². The van der Waals surface area contributed by atoms with Crippen molar-refractivity contribution in [2.45, 2.75) is 20.8 Å². The summed E-state index contributed by atoms with van der Waals surface area (Å²) in [4.78, 5) is 16.7. The van der Waals surface area contributed by atoms with Crippen LogP contribution in [0.2, 0.25) is 0 Å². The summed E-state index contributed by atoms with van der Waals surface area (Å²) in [6.07, 6.45) is 0. The molecule has 0 saturated heterocycles. The molecule has 6 nitrogen and oxygen atoms in total. The standard InChI is InChI=1S/C20H22FN5O/c1-12(2)11-22-20(24-19(27)14-6-4-5-13(3)9-14)23-18-16-8-7-15(21)10-17(16)25-26-18/h4-10,12H,11H2,1-3H3,(H3,22,23,24,25,26,27). The molecule has 140 valence electrons. The van der Waals surface area contributed by atoms with Crippen molar-refractivity contribution in [1.82, 2.24) is 15.5 Å². The zero-order valence-corrected chi connectivity index (χ0v) is 15.5. The molecule has 3 aromatic rings. The van der Waals surface area contributed by atoms with Gasteiger partial charge in [-0.2, -0.15) is 10.1 Å². The van der Waals surface area contributed by atoms with E-state index in [1.54, 1.807) is 18.2 Å². The summed E-state index contributed by atoms with van der Waals surface area (Å²) in [5, 5.41) is 13.8. The summed E-state index contributed by atoms with van der Waals surface area (Å²) >= 11 is 0. The molecule has 0 aliphatic carbocycles. The van der Waals surface area contributed by atoms with Gasteiger partial charge in [0, 0.05) is 17.5 Å². The molecule has 0 aliphatic heterocycles. The predicted octanol–water partition coefficient (Wildman–Crippen LogP) is 3.86. The summed E-state index contributed by atoms with van der Waals surface area (Å²) in [5.41, 5.74) is 2.06. The van der Waals surface area contributed by atoms with E-state index in [4.69, 9.17) is 0 Å². The quantitative estimate of drug-likeness (QED) is 0.483. The Labute approximate surface area is 156 Å². The molecule has 0 saturated carbocycles. The van der Waals surface area contributed by atoms with Crippen LogP contribution in [0.3, 0.4) is 0 Å². The molecule has 0 atom stereocenters. The molecule has 0 spiro atoms. The molecule has 27 heavy (non-hydrogen) atoms. The number of carbonyl (C=O) groups excluding carboxylic acids is 1. The van der Waals surface area contributed by atoms with Gasteiger partial charge in [-0.3, -0.25) is 9.89 Å². The molecule has 3 N–H and O–H groups in total. The van der Waals surface area contributed by atoms with Crippen molar-refractivity contribution in [2.24, 2.45) is 10.9 Å². The van der Waals surface area contributed by atoms with E-state index < -0.39 is 0 Å². The Kier molecular flexibility index (Phi) is 5.49. The first-order valence-corrected chi connectivity index (χ1v) is 8.76. The molecule has 0 bridgehead atoms. The highest BCUT2D eigenvalue weighted by Gasteiger charge is 2.12. The highest BCUT2D eigenvalue weighted by Crippen LogP contribution is 2.21. The van der Waals surface area contributed by atoms with Gasteiger partial charge in [0.05, 0.1) is 5.52 Å². The summed E-state index contributed by atoms with van der Waals surface area (Å²) < 4.78 is 13.4. The normalized spacial score (nSPS) is 11.8. The lowest BCUT2D eigenvalue weighted by atomic mass is 10.1. The molecule has 7 heteroatoms. The molecule has 1 aromatic heterocycles. The van der Waals surface area contributed by atoms with E-state index >= 15 is 0 Å². The van der Waals surface area contributed by atoms with Crippen LogP contribution in [-0.2, 0) is 0 Å². The fraction of sp³-hybridized carbons (Fsp3) is 0.250. The molecule has 0 fully saturated rings. The lowest BCUT2D eigenvalue weighted by Crippen LogP contribution is -2.34. The number of aryl methyl sites for hydroxylation is 1. The first-order valence-electron chi connectivity index (χ1n) is 8.76. The largest absolute Gasteiger partial charge is 0.355 e. The molecular formula is C20H22FN5O. The Morgan fingerprint density at radius 2 is 2.07 bits per heavy atom. The average Bonchev–Trinajstić information content (AvgIpc) is 3.01. The minimum absolute atomic E-state index is 0.299. The van der Waals surface area contributed by atoms with Crippen molar-refractivity contribution < 1.29 is 9.18 Å². The summed E-state index contributed by atoms with van der Waals surface area (Å²) in [6.45, 7) is 6.66. The van der Waals surface area contributed by atoms with Crippen molar-refractivity contribution in [3.8, 4) is 0 Å². The van der Waals surface area contributed by atoms with Crippen LogP contribution in [0, 0.1) is 18.7 Å². The van der Waals surface area contributed by atoms with Gasteiger partial charge in [0.15, 0.2) is 5.82 Å². The number of hydrogen-bond acceptors (Lipinski definition) is 2. The molecular weight excluding hydrogens is 345 g/mol. The number of aliphatic imine (C=N–C) groups is 1. The Hall–Kier alpha value is -3.22. The second-order valence-electron chi connectivity index (χ2n) is 6.80. The average molecular weight is 367 g/mol. The number of aromatic nitrogens is 2. The molecule has 2 aromatic carbocycles. The van der Waals surface area contributed by atoms with Crippen LogP contribution in [0.1, 0.15) is 29.8 Å². The maximum Gasteiger partial charge on any atom is 0.280 e. The van der Waals surface area contributed by atoms with E-state index in [1.807, 2.05) is 19.1 Å². The van der Waals surface area contributed by atoms with Crippen molar-refractivity contribution in [3.05, 3.63) is 59.4 Å². The second kappa shape index (κ2) is 7.99. The number of rotatable bonds is 4. The maximum absolute atomic E-state index is 13.4. The number of carbonyl (C=O) groups is 1. The third-order valence-electron chi connectivity index (χ3n) is 3.92. The first kappa shape index (κ1) is 18.6. The zero-order chi connectivity index (χ0) is 19.4. The number of fused-ring (bicyclic) bond motifs is 1. The van der Waals surface area contributed by atoms with E-state index in [2.05, 4.69) is 39.7 Å². The Bertz CT molecular complexity index is 993. The fourth-order valence-corrected chi connectivity index (χ4v) is 2.56. The van der Waals surface area contributed by atoms with Gasteiger partial charge >= 0.3 is 0 Å². The highest BCUT2D eigenvalue weighted by atomic mass is 19.1. The number of guanidine groups is 1. The van der Waals surface area contributed by atoms with Crippen LogP contribution in [0.5, 0.6) is 0 Å². The number of anilines is 1. The van der Waals surface area contributed by atoms with Crippen LogP contribution >= 0.6 is 0 Å². The molecule has 1 amide bonds. The number of hydrogen-bond donors (Lipinski definition) is 3. The summed E-state index contributed by atoms with van der Waals surface area (Å²) in [7, 11) is 0. The van der Waals surface area contributed by atoms with E-state index in [-0.39, 0.29) is 11.7 Å². The molecule has 0 unspecified atom stereocenters. The number of benzene rings is 2. The number of nitrogens with zero attached hydrogens (tertiary/aromatic N) is 2. The van der Waals surface area contributed by atoms with Gasteiger partial charge < -0.3 is 10.6 Å². The van der Waals surface area contributed by atoms with E-state index in [1.165, 1.54) is 12.1 Å². The van der Waals surface area contributed by atoms with Crippen molar-refractivity contribution in [1.29, 1.82) is 0 Å². The molecule has 3 rings (SSSR count). The molecule has 0 aliphatic rings. The van der Waals surface area contributed by atoms with E-state index in [0.29, 0.717) is 40.7 Å². The Morgan fingerprint density at radius 3 is 2.81 bits per heavy atom. The lowest BCUT2D eigenvalue weighted by molar-refractivity contribution is 0.100. The third-order valence-corrected chi connectivity index (χ3v) is 3.92. The maximum atomic E-state index is 13.4. The number of amides is 1. The van der Waals surface area contributed by atoms with Crippen LogP contribution in [0.25, 0.3) is 10.9 Å². The second-order valence-corrected chi connectivity index (χ2v) is 6.80. The Balaban J connectivity index is 1.89. The van der Waals surface area contributed by atoms with E-state index in [9.17, 15) is 9.18 Å². The molecule has 1 heterocycles. The molecule has 0 radical (unpaired) electrons. The van der Waals surface area contributed by atoms with Gasteiger partial charge in [0.1, 0.15) is 5.82 Å². The Morgan fingerprint density at radius 1 is 1.26 bits per heavy atom. The number of nitrogens with one attached hydrogen (secondary N) is 3. The van der Waals surface area contributed by atoms with Gasteiger partial charge in [0.25, 0.3) is 5.91 Å². The lowest BCUT2D eigenvalue weighted by Gasteiger charge is -2.12. The number of halogens is 1. The van der Waals surface area contributed by atoms with Gasteiger partial charge in [0.2, 0.25) is 5.96 Å². The van der Waals surface area contributed by atoms with Crippen LogP contribution in [0.15, 0.2) is 47.5 Å². The monoisotopic (exact) mass is 367 g/mol. The van der Waals surface area contributed by atoms with Crippen LogP contribution in [0.4, 0.5) is 10.2 Å². The minimum Gasteiger partial charge on any atom is -0.355 e. The highest BCUT2D eigenvalue weighted by molar-refractivity contribution is 6.08. The number of H-pyrrole nitrogens is 1. The number of aromatic amines is 1. The zero-order valence-electron chi connectivity index (χ0n) is 15.5. The third kappa shape index (κ3) is 4.69. The predicted molar refractivity (Wildman–Crippen MR) is 105 cm³/mol. The van der Waals surface area contributed by atoms with Gasteiger partial charge in [-0.1, -0.05) is 31.5 Å². The minimum atomic E-state index is -0.358. The van der Waals surface area contributed by atoms with Crippen molar-refractivity contribution in [2.75, 3.05) is 11.9 Å². The van der Waals surface area contributed by atoms with Crippen LogP contribution < -0.4 is 10.6 Å². The van der Waals surface area contributed by atoms with Gasteiger partial charge in [-0.05, 0) is 43.2 Å². The van der Waals surface area contributed by atoms with Gasteiger partial charge in [-0.15, -0.1) is 0 Å². The van der Waals surface area contributed by atoms with Crippen molar-refractivity contribution in [3.63, 3.8) is 0 Å². The van der Waals surface area contributed by atoms with Crippen molar-refractivity contribution >= 4 is 28.6 Å². The van der Waals surface area contributed by atoms with Gasteiger partial charge in [-0.25, -0.2) is 4.39 Å². The summed E-state index contributed by atoms with van der Waals surface area (Å²) in [6, 6.07) is 11.6. The van der Waals surface area contributed by atoms with E-state index in [0.717, 1.165) is 5.56 Å². The summed E-state index contributed by atoms with van der Waals surface area (Å²) in [5.74, 6) is 0.420. The SMILES string of the molecule is Cc1cccc(C(=O)/N=C(/NCC(C)C)Nc2n[nH]c3cc(F)ccc23)c1. The first-order chi connectivity index (χ1) is 12.9. The fourth-order valence-electron chi connectivity index (χ4n) is 2.56.